The van der Waals surface area contributed by atoms with Crippen molar-refractivity contribution in [3.05, 3.63) is 32.6 Å². The molecule has 1 N–H and O–H groups in total. The summed E-state index contributed by atoms with van der Waals surface area (Å²) in [6, 6.07) is 0. The van der Waals surface area contributed by atoms with Crippen LogP contribution in [-0.2, 0) is 6.42 Å². The number of halogens is 1. The minimum absolute atomic E-state index is 0.309. The molecule has 0 saturated carbocycles. The molecule has 0 spiro atoms. The number of hydrogen-bond donors (Lipinski definition) is 1. The van der Waals surface area contributed by atoms with Crippen LogP contribution < -0.4 is 11.2 Å². The Kier molecular flexibility index (Phi) is 3.00. The summed E-state index contributed by atoms with van der Waals surface area (Å²) in [5.41, 5.74) is -1.56. The number of nitrogens with one attached hydrogen (secondary N) is 1. The molecule has 0 aliphatic heterocycles. The maximum absolute atomic E-state index is 12.7. The zero-order chi connectivity index (χ0) is 9.84. The van der Waals surface area contributed by atoms with E-state index in [4.69, 9.17) is 0 Å². The maximum atomic E-state index is 12.7. The van der Waals surface area contributed by atoms with Gasteiger partial charge in [-0.2, -0.15) is 0 Å². The average molecular weight is 186 g/mol. The van der Waals surface area contributed by atoms with E-state index in [1.165, 1.54) is 6.20 Å². The lowest BCUT2D eigenvalue weighted by atomic mass is 10.1. The summed E-state index contributed by atoms with van der Waals surface area (Å²) in [7, 11) is 0. The molecule has 1 aromatic rings. The lowest BCUT2D eigenvalue weighted by molar-refractivity contribution is 0.327. The number of aromatic amines is 1. The summed E-state index contributed by atoms with van der Waals surface area (Å²) in [6.45, 7) is 1.97. The van der Waals surface area contributed by atoms with Crippen LogP contribution in [0.25, 0.3) is 0 Å². The largest absolute Gasteiger partial charge is 0.357 e. The molecule has 0 atom stereocenters. The second-order valence-electron chi connectivity index (χ2n) is 2.81. The summed E-state index contributed by atoms with van der Waals surface area (Å²) in [5.74, 6) is 0. The fourth-order valence-electron chi connectivity index (χ4n) is 1.03. The van der Waals surface area contributed by atoms with Crippen LogP contribution >= 0.6 is 0 Å². The van der Waals surface area contributed by atoms with Gasteiger partial charge in [0.1, 0.15) is 0 Å². The van der Waals surface area contributed by atoms with Crippen LogP contribution in [0.4, 0.5) is 4.48 Å². The molecule has 1 heterocycles. The van der Waals surface area contributed by atoms with Crippen molar-refractivity contribution in [1.29, 1.82) is 0 Å². The van der Waals surface area contributed by atoms with Crippen LogP contribution in [0.3, 0.4) is 0 Å². The number of nitrogens with zero attached hydrogens (tertiary/aromatic N) is 1. The third-order valence-corrected chi connectivity index (χ3v) is 1.80. The van der Waals surface area contributed by atoms with Crippen LogP contribution in [0.2, 0.25) is 0 Å². The number of hydrogen-bond acceptors (Lipinski definition) is 2. The molecule has 0 aromatic carbocycles. The van der Waals surface area contributed by atoms with E-state index >= 15 is 0 Å². The molecule has 0 aliphatic rings. The molecular formula is C8H11FN2O2. The second kappa shape index (κ2) is 4.02. The fourth-order valence-corrected chi connectivity index (χ4v) is 1.03. The van der Waals surface area contributed by atoms with Crippen molar-refractivity contribution in [1.82, 2.24) is 9.77 Å². The molecule has 4 nitrogen and oxygen atoms in total. The standard InChI is InChI=1S/C8H11FN2O2/c1-2-3-4-6-5-10-8(13)11(9)7(6)12/h5H,2-4H2,1H3,(H,10,13). The van der Waals surface area contributed by atoms with Crippen molar-refractivity contribution < 1.29 is 4.48 Å². The Hall–Kier alpha value is -1.39. The van der Waals surface area contributed by atoms with Crippen molar-refractivity contribution in [2.24, 2.45) is 0 Å². The van der Waals surface area contributed by atoms with Gasteiger partial charge in [-0.05, 0) is 12.8 Å². The van der Waals surface area contributed by atoms with E-state index in [1.807, 2.05) is 6.92 Å². The third-order valence-electron chi connectivity index (χ3n) is 1.80. The molecule has 1 aromatic heterocycles. The van der Waals surface area contributed by atoms with Crippen LogP contribution in [0.5, 0.6) is 0 Å². The second-order valence-corrected chi connectivity index (χ2v) is 2.81. The molecule has 0 bridgehead atoms. The molecule has 0 amide bonds. The Balaban J connectivity index is 3.05. The topological polar surface area (TPSA) is 54.9 Å². The predicted octanol–water partition coefficient (Wildman–Crippen LogP) is 0.612. The molecule has 5 heteroatoms. The predicted molar refractivity (Wildman–Crippen MR) is 46.4 cm³/mol. The van der Waals surface area contributed by atoms with Crippen LogP contribution in [0.1, 0.15) is 25.3 Å². The van der Waals surface area contributed by atoms with Gasteiger partial charge in [-0.3, -0.25) is 4.79 Å². The highest BCUT2D eigenvalue weighted by Crippen LogP contribution is 1.96. The first-order valence-electron chi connectivity index (χ1n) is 4.16. The number of aryl methyl sites for hydroxylation is 1. The van der Waals surface area contributed by atoms with Crippen molar-refractivity contribution >= 4 is 0 Å². The summed E-state index contributed by atoms with van der Waals surface area (Å²) in [6.07, 6.45) is 3.50. The Morgan fingerprint density at radius 1 is 1.54 bits per heavy atom. The zero-order valence-corrected chi connectivity index (χ0v) is 7.34. The van der Waals surface area contributed by atoms with Gasteiger partial charge >= 0.3 is 5.69 Å². The van der Waals surface area contributed by atoms with Gasteiger partial charge in [-0.25, -0.2) is 4.79 Å². The highest BCUT2D eigenvalue weighted by Gasteiger charge is 2.05. The van der Waals surface area contributed by atoms with Crippen LogP contribution in [0, 0.1) is 0 Å². The molecule has 0 unspecified atom stereocenters. The molecule has 0 fully saturated rings. The molecule has 0 aliphatic carbocycles. The summed E-state index contributed by atoms with van der Waals surface area (Å²) in [4.78, 5) is 23.4. The highest BCUT2D eigenvalue weighted by molar-refractivity contribution is 5.03. The van der Waals surface area contributed by atoms with Gasteiger partial charge in [0, 0.05) is 11.8 Å². The fraction of sp³-hybridized carbons (Fsp3) is 0.500. The Morgan fingerprint density at radius 3 is 2.85 bits per heavy atom. The van der Waals surface area contributed by atoms with Gasteiger partial charge in [0.05, 0.1) is 0 Å². The highest BCUT2D eigenvalue weighted by atomic mass is 19.2. The van der Waals surface area contributed by atoms with Gasteiger partial charge < -0.3 is 4.98 Å². The van der Waals surface area contributed by atoms with E-state index < -0.39 is 16.0 Å². The summed E-state index contributed by atoms with van der Waals surface area (Å²) in [5, 5.41) is 0. The number of aromatic nitrogens is 2. The Morgan fingerprint density at radius 2 is 2.23 bits per heavy atom. The summed E-state index contributed by atoms with van der Waals surface area (Å²) >= 11 is 0. The van der Waals surface area contributed by atoms with Crippen LogP contribution in [0.15, 0.2) is 15.8 Å². The molecule has 0 radical (unpaired) electrons. The van der Waals surface area contributed by atoms with Gasteiger partial charge in [0.2, 0.25) is 0 Å². The first kappa shape index (κ1) is 9.70. The molecular weight excluding hydrogens is 175 g/mol. The van der Waals surface area contributed by atoms with E-state index in [9.17, 15) is 14.1 Å². The molecule has 13 heavy (non-hydrogen) atoms. The first-order chi connectivity index (χ1) is 6.16. The Bertz CT molecular complexity index is 394. The van der Waals surface area contributed by atoms with Gasteiger partial charge in [-0.1, -0.05) is 22.6 Å². The normalized spacial score (nSPS) is 10.3. The third kappa shape index (κ3) is 2.05. The molecule has 72 valence electrons. The van der Waals surface area contributed by atoms with E-state index in [2.05, 4.69) is 4.98 Å². The van der Waals surface area contributed by atoms with Gasteiger partial charge in [0.25, 0.3) is 5.56 Å². The minimum Gasteiger partial charge on any atom is -0.312 e. The maximum Gasteiger partial charge on any atom is 0.357 e. The molecule has 1 rings (SSSR count). The zero-order valence-electron chi connectivity index (χ0n) is 7.34. The number of H-pyrrole nitrogens is 1. The quantitative estimate of drug-likeness (QED) is 0.752. The van der Waals surface area contributed by atoms with E-state index in [0.717, 1.165) is 12.8 Å². The average Bonchev–Trinajstić information content (AvgIpc) is 2.13. The van der Waals surface area contributed by atoms with Crippen molar-refractivity contribution in [3.8, 4) is 0 Å². The van der Waals surface area contributed by atoms with Gasteiger partial charge in [-0.15, -0.1) is 0 Å². The van der Waals surface area contributed by atoms with E-state index in [0.29, 0.717) is 12.0 Å². The van der Waals surface area contributed by atoms with Crippen molar-refractivity contribution in [2.75, 3.05) is 0 Å². The van der Waals surface area contributed by atoms with Crippen LogP contribution in [-0.4, -0.2) is 9.77 Å². The smallest absolute Gasteiger partial charge is 0.312 e. The lowest BCUT2D eigenvalue weighted by Gasteiger charge is -1.97. The number of rotatable bonds is 3. The number of unbranched alkanes of at least 4 members (excludes halogenated alkanes) is 1. The summed E-state index contributed by atoms with van der Waals surface area (Å²) < 4.78 is 12.7. The minimum atomic E-state index is -1.02. The monoisotopic (exact) mass is 186 g/mol. The van der Waals surface area contributed by atoms with E-state index in [-0.39, 0.29) is 0 Å². The first-order valence-corrected chi connectivity index (χ1v) is 4.16. The van der Waals surface area contributed by atoms with Gasteiger partial charge in [0.15, 0.2) is 0 Å². The van der Waals surface area contributed by atoms with Crippen molar-refractivity contribution in [3.63, 3.8) is 0 Å². The van der Waals surface area contributed by atoms with Crippen molar-refractivity contribution in [2.45, 2.75) is 26.2 Å². The Labute approximate surface area is 74.0 Å². The lowest BCUT2D eigenvalue weighted by Crippen LogP contribution is -2.31. The SMILES string of the molecule is CCCCc1c[nH]c(=O)n(F)c1=O. The van der Waals surface area contributed by atoms with E-state index in [1.54, 1.807) is 0 Å². The molecule has 0 saturated heterocycles.